The number of ether oxygens (including phenoxy) is 1. The summed E-state index contributed by atoms with van der Waals surface area (Å²) in [6.45, 7) is 4.66. The fourth-order valence-electron chi connectivity index (χ4n) is 1.64. The molecule has 1 aliphatic rings. The van der Waals surface area contributed by atoms with Crippen LogP contribution < -0.4 is 0 Å². The molecule has 0 saturated carbocycles. The zero-order chi connectivity index (χ0) is 15.9. The molecule has 1 heterocycles. The Hall–Kier alpha value is -0.870. The summed E-state index contributed by atoms with van der Waals surface area (Å²) in [5, 5.41) is 0. The highest BCUT2D eigenvalue weighted by Gasteiger charge is 2.54. The molecule has 0 aromatic heterocycles. The Morgan fingerprint density at radius 3 is 2.10 bits per heavy atom. The summed E-state index contributed by atoms with van der Waals surface area (Å²) in [7, 11) is -4.27. The van der Waals surface area contributed by atoms with Crippen LogP contribution in [0.15, 0.2) is 0 Å². The number of likely N-dealkylation sites (tertiary alicyclic amines) is 1. The highest BCUT2D eigenvalue weighted by molar-refractivity contribution is 7.87. The molecule has 118 valence electrons. The van der Waals surface area contributed by atoms with Crippen LogP contribution in [0.5, 0.6) is 0 Å². The van der Waals surface area contributed by atoms with Crippen LogP contribution in [-0.2, 0) is 23.8 Å². The van der Waals surface area contributed by atoms with Crippen LogP contribution in [0.1, 0.15) is 20.8 Å². The summed E-state index contributed by atoms with van der Waals surface area (Å²) in [6, 6.07) is -1.17. The summed E-state index contributed by atoms with van der Waals surface area (Å²) in [5.74, 6) is -0.825. The summed E-state index contributed by atoms with van der Waals surface area (Å²) in [5.41, 5.74) is -6.35. The fraction of sp³-hybridized carbons (Fsp3) is 0.900. The lowest BCUT2D eigenvalue weighted by Crippen LogP contribution is -2.64. The second-order valence-corrected chi connectivity index (χ2v) is 7.02. The van der Waals surface area contributed by atoms with Crippen LogP contribution in [0.4, 0.5) is 13.2 Å². The maximum atomic E-state index is 12.2. The standard InChI is InChI=1S/C10H16F3NO5S/c1-9(2,3)18-8(15)7-6(5-14(7)4)19-20(16,17)10(11,12)13/h6-7H,5H2,1-4H3. The third kappa shape index (κ3) is 3.83. The minimum Gasteiger partial charge on any atom is -0.459 e. The van der Waals surface area contributed by atoms with Crippen LogP contribution >= 0.6 is 0 Å². The largest absolute Gasteiger partial charge is 0.523 e. The molecule has 0 aliphatic carbocycles. The Kier molecular flexibility index (Phi) is 4.43. The van der Waals surface area contributed by atoms with E-state index in [1.807, 2.05) is 0 Å². The van der Waals surface area contributed by atoms with Crippen LogP contribution in [-0.4, -0.2) is 56.1 Å². The normalized spacial score (nSPS) is 25.1. The molecule has 0 aromatic carbocycles. The lowest BCUT2D eigenvalue weighted by atomic mass is 10.0. The van der Waals surface area contributed by atoms with Gasteiger partial charge in [-0.25, -0.2) is 0 Å². The Bertz CT molecular complexity index is 482. The van der Waals surface area contributed by atoms with Gasteiger partial charge < -0.3 is 4.74 Å². The average Bonchev–Trinajstić information content (AvgIpc) is 2.10. The number of carbonyl (C=O) groups is 1. The van der Waals surface area contributed by atoms with Gasteiger partial charge in [-0.3, -0.25) is 13.9 Å². The van der Waals surface area contributed by atoms with Crippen molar-refractivity contribution in [1.82, 2.24) is 4.90 Å². The second kappa shape index (κ2) is 5.15. The molecule has 2 atom stereocenters. The van der Waals surface area contributed by atoms with Crippen molar-refractivity contribution in [2.45, 2.75) is 44.0 Å². The fourth-order valence-corrected chi connectivity index (χ4v) is 2.24. The van der Waals surface area contributed by atoms with E-state index in [1.165, 1.54) is 11.9 Å². The molecule has 0 aromatic rings. The number of rotatable bonds is 3. The Morgan fingerprint density at radius 1 is 1.25 bits per heavy atom. The van der Waals surface area contributed by atoms with Gasteiger partial charge in [0, 0.05) is 6.54 Å². The maximum Gasteiger partial charge on any atom is 0.523 e. The third-order valence-corrected chi connectivity index (χ3v) is 3.54. The SMILES string of the molecule is CN1CC(OS(=O)(=O)C(F)(F)F)C1C(=O)OC(C)(C)C. The molecule has 0 N–H and O–H groups in total. The van der Waals surface area contributed by atoms with E-state index in [4.69, 9.17) is 4.74 Å². The molecule has 10 heteroatoms. The van der Waals surface area contributed by atoms with E-state index in [0.717, 1.165) is 0 Å². The van der Waals surface area contributed by atoms with Crippen molar-refractivity contribution < 1.29 is 35.3 Å². The molecule has 2 unspecified atom stereocenters. The summed E-state index contributed by atoms with van der Waals surface area (Å²) in [6.07, 6.45) is -1.40. The van der Waals surface area contributed by atoms with Gasteiger partial charge in [-0.1, -0.05) is 0 Å². The van der Waals surface area contributed by atoms with E-state index in [0.29, 0.717) is 0 Å². The van der Waals surface area contributed by atoms with E-state index in [9.17, 15) is 26.4 Å². The lowest BCUT2D eigenvalue weighted by Gasteiger charge is -2.43. The van der Waals surface area contributed by atoms with Gasteiger partial charge in [0.1, 0.15) is 17.7 Å². The molecule has 0 bridgehead atoms. The Balaban J connectivity index is 2.77. The van der Waals surface area contributed by atoms with Crippen molar-refractivity contribution >= 4 is 16.1 Å². The van der Waals surface area contributed by atoms with Crippen LogP contribution in [0.2, 0.25) is 0 Å². The van der Waals surface area contributed by atoms with Gasteiger partial charge in [0.05, 0.1) is 0 Å². The predicted molar refractivity (Wildman–Crippen MR) is 62.1 cm³/mol. The molecule has 0 spiro atoms. The van der Waals surface area contributed by atoms with Crippen molar-refractivity contribution in [3.63, 3.8) is 0 Å². The Labute approximate surface area is 114 Å². The summed E-state index contributed by atoms with van der Waals surface area (Å²) in [4.78, 5) is 13.1. The van der Waals surface area contributed by atoms with Crippen molar-refractivity contribution in [3.8, 4) is 0 Å². The number of likely N-dealkylation sites (N-methyl/N-ethyl adjacent to an activating group) is 1. The van der Waals surface area contributed by atoms with Crippen LogP contribution in [0.25, 0.3) is 0 Å². The molecule has 6 nitrogen and oxygen atoms in total. The molecular weight excluding hydrogens is 303 g/mol. The zero-order valence-electron chi connectivity index (χ0n) is 11.4. The second-order valence-electron chi connectivity index (χ2n) is 5.45. The first-order valence-electron chi connectivity index (χ1n) is 5.67. The first-order chi connectivity index (χ1) is 8.74. The van der Waals surface area contributed by atoms with E-state index in [1.54, 1.807) is 20.8 Å². The van der Waals surface area contributed by atoms with Gasteiger partial charge >= 0.3 is 21.6 Å². The van der Waals surface area contributed by atoms with Gasteiger partial charge in [-0.2, -0.15) is 21.6 Å². The average molecular weight is 319 g/mol. The number of alkyl halides is 3. The maximum absolute atomic E-state index is 12.2. The topological polar surface area (TPSA) is 72.9 Å². The van der Waals surface area contributed by atoms with E-state index in [-0.39, 0.29) is 6.54 Å². The molecule has 1 fully saturated rings. The van der Waals surface area contributed by atoms with Gasteiger partial charge in [0.25, 0.3) is 0 Å². The molecular formula is C10H16F3NO5S. The first-order valence-corrected chi connectivity index (χ1v) is 7.08. The minimum absolute atomic E-state index is 0.112. The monoisotopic (exact) mass is 319 g/mol. The summed E-state index contributed by atoms with van der Waals surface area (Å²) >= 11 is 0. The number of halogens is 3. The number of nitrogens with zero attached hydrogens (tertiary/aromatic N) is 1. The van der Waals surface area contributed by atoms with Crippen molar-refractivity contribution in [1.29, 1.82) is 0 Å². The van der Waals surface area contributed by atoms with Gasteiger partial charge in [0.2, 0.25) is 0 Å². The molecule has 0 radical (unpaired) electrons. The van der Waals surface area contributed by atoms with Gasteiger partial charge in [-0.05, 0) is 27.8 Å². The van der Waals surface area contributed by atoms with Crippen molar-refractivity contribution in [3.05, 3.63) is 0 Å². The smallest absolute Gasteiger partial charge is 0.459 e. The molecule has 1 rings (SSSR count). The molecule has 1 saturated heterocycles. The van der Waals surface area contributed by atoms with Gasteiger partial charge in [0.15, 0.2) is 0 Å². The van der Waals surface area contributed by atoms with E-state index >= 15 is 0 Å². The summed E-state index contributed by atoms with van der Waals surface area (Å²) < 4.78 is 67.5. The van der Waals surface area contributed by atoms with Gasteiger partial charge in [-0.15, -0.1) is 0 Å². The number of hydrogen-bond acceptors (Lipinski definition) is 6. The first kappa shape index (κ1) is 17.2. The number of hydrogen-bond donors (Lipinski definition) is 0. The van der Waals surface area contributed by atoms with Crippen molar-refractivity contribution in [2.75, 3.05) is 13.6 Å². The molecule has 1 aliphatic heterocycles. The highest BCUT2D eigenvalue weighted by atomic mass is 32.2. The minimum atomic E-state index is -5.73. The van der Waals surface area contributed by atoms with Crippen molar-refractivity contribution in [2.24, 2.45) is 0 Å². The van der Waals surface area contributed by atoms with Crippen LogP contribution in [0.3, 0.4) is 0 Å². The lowest BCUT2D eigenvalue weighted by molar-refractivity contribution is -0.174. The predicted octanol–water partition coefficient (Wildman–Crippen LogP) is 0.877. The Morgan fingerprint density at radius 2 is 1.75 bits per heavy atom. The zero-order valence-corrected chi connectivity index (χ0v) is 12.2. The molecule has 0 amide bonds. The van der Waals surface area contributed by atoms with E-state index < -0.39 is 39.3 Å². The number of carbonyl (C=O) groups excluding carboxylic acids is 1. The molecule has 20 heavy (non-hydrogen) atoms. The number of esters is 1. The third-order valence-electron chi connectivity index (χ3n) is 2.48. The van der Waals surface area contributed by atoms with Crippen LogP contribution in [0, 0.1) is 0 Å². The quantitative estimate of drug-likeness (QED) is 0.437. The van der Waals surface area contributed by atoms with E-state index in [2.05, 4.69) is 4.18 Å². The highest BCUT2D eigenvalue weighted by Crippen LogP contribution is 2.30.